The number of nitrogens with zero attached hydrogens (tertiary/aromatic N) is 5. The van der Waals surface area contributed by atoms with Crippen LogP contribution < -0.4 is 5.32 Å². The largest absolute Gasteiger partial charge is 0.368 e. The summed E-state index contributed by atoms with van der Waals surface area (Å²) in [6.07, 6.45) is 9.58. The molecular formula is C31H46N6O4S. The van der Waals surface area contributed by atoms with Gasteiger partial charge in [-0.05, 0) is 77.4 Å². The number of aromatic nitrogens is 2. The molecule has 0 radical (unpaired) electrons. The number of aryl methyl sites for hydroxylation is 1. The Hall–Kier alpha value is -2.60. The van der Waals surface area contributed by atoms with Gasteiger partial charge in [0, 0.05) is 44.3 Å². The molecule has 0 aliphatic carbocycles. The smallest absolute Gasteiger partial charge is 0.272 e. The first-order valence-corrected chi connectivity index (χ1v) is 17.2. The third-order valence-corrected chi connectivity index (χ3v) is 10.7. The number of anilines is 1. The van der Waals surface area contributed by atoms with Crippen LogP contribution in [0.15, 0.2) is 30.6 Å². The molecular weight excluding hydrogens is 552 g/mol. The summed E-state index contributed by atoms with van der Waals surface area (Å²) in [5.74, 6) is 0.643. The van der Waals surface area contributed by atoms with Crippen LogP contribution in [0, 0.1) is 13.8 Å². The number of benzene rings is 1. The number of nitrogens with one attached hydrogen (secondary N) is 1. The summed E-state index contributed by atoms with van der Waals surface area (Å²) in [4.78, 5) is 26.7. The molecule has 42 heavy (non-hydrogen) atoms. The van der Waals surface area contributed by atoms with Gasteiger partial charge in [-0.3, -0.25) is 4.79 Å². The van der Waals surface area contributed by atoms with Gasteiger partial charge in [0.1, 0.15) is 17.8 Å². The molecule has 1 N–H and O–H groups in total. The first-order chi connectivity index (χ1) is 20.1. The van der Waals surface area contributed by atoms with Crippen molar-refractivity contribution in [3.05, 3.63) is 53.0 Å². The van der Waals surface area contributed by atoms with Crippen LogP contribution in [0.25, 0.3) is 0 Å². The Morgan fingerprint density at radius 1 is 1.00 bits per heavy atom. The SMILES string of the molecule is Cc1ccc([C@@H]2CCC[C@H](CNc3ncnc(C(=O)N4CCC(N5CCC(N(C)S(C)(=O)=O)CC5)CC4)c3C)O2)cc1. The maximum Gasteiger partial charge on any atom is 0.272 e. The molecule has 3 aliphatic heterocycles. The van der Waals surface area contributed by atoms with Gasteiger partial charge in [-0.25, -0.2) is 22.7 Å². The third kappa shape index (κ3) is 7.30. The number of ether oxygens (including phenoxy) is 1. The minimum atomic E-state index is -3.17. The highest BCUT2D eigenvalue weighted by Gasteiger charge is 2.33. The predicted molar refractivity (Wildman–Crippen MR) is 164 cm³/mol. The molecule has 1 amide bonds. The van der Waals surface area contributed by atoms with Crippen molar-refractivity contribution in [2.75, 3.05) is 51.3 Å². The van der Waals surface area contributed by atoms with Gasteiger partial charge >= 0.3 is 0 Å². The average Bonchev–Trinajstić information content (AvgIpc) is 3.00. The van der Waals surface area contributed by atoms with Crippen molar-refractivity contribution in [3.63, 3.8) is 0 Å². The summed E-state index contributed by atoms with van der Waals surface area (Å²) >= 11 is 0. The molecule has 0 unspecified atom stereocenters. The lowest BCUT2D eigenvalue weighted by Crippen LogP contribution is -2.52. The average molecular weight is 599 g/mol. The molecule has 4 heterocycles. The minimum Gasteiger partial charge on any atom is -0.368 e. The highest BCUT2D eigenvalue weighted by atomic mass is 32.2. The fourth-order valence-corrected chi connectivity index (χ4v) is 7.35. The van der Waals surface area contributed by atoms with Crippen LogP contribution in [0.2, 0.25) is 0 Å². The maximum atomic E-state index is 13.5. The van der Waals surface area contributed by atoms with Crippen LogP contribution >= 0.6 is 0 Å². The number of piperidine rings is 2. The molecule has 2 aromatic rings. The van der Waals surface area contributed by atoms with Gasteiger partial charge in [0.2, 0.25) is 10.0 Å². The number of hydrogen-bond acceptors (Lipinski definition) is 8. The van der Waals surface area contributed by atoms with Crippen LogP contribution in [0.5, 0.6) is 0 Å². The van der Waals surface area contributed by atoms with Gasteiger partial charge in [0.05, 0.1) is 18.5 Å². The molecule has 1 aromatic carbocycles. The standard InChI is InChI=1S/C31H46N6O4S/c1-22-8-10-24(11-9-22)28-7-5-6-27(41-28)20-32-30-23(2)29(33-21-34-30)31(38)37-18-14-26(15-19-37)36-16-12-25(13-17-36)35(3)42(4,39)40/h8-11,21,25-28H,5-7,12-20H2,1-4H3,(H,32,33,34)/t27-,28+/m1/s1. The summed E-state index contributed by atoms with van der Waals surface area (Å²) in [5, 5.41) is 3.44. The molecule has 0 saturated carbocycles. The molecule has 5 rings (SSSR count). The second-order valence-electron chi connectivity index (χ2n) is 12.2. The monoisotopic (exact) mass is 598 g/mol. The molecule has 230 valence electrons. The predicted octanol–water partition coefficient (Wildman–Crippen LogP) is 3.78. The lowest BCUT2D eigenvalue weighted by molar-refractivity contribution is -0.0442. The van der Waals surface area contributed by atoms with Crippen molar-refractivity contribution in [2.24, 2.45) is 0 Å². The van der Waals surface area contributed by atoms with E-state index in [4.69, 9.17) is 4.74 Å². The van der Waals surface area contributed by atoms with Crippen molar-refractivity contribution in [2.45, 2.75) is 83.1 Å². The molecule has 0 spiro atoms. The Balaban J connectivity index is 1.11. The lowest BCUT2D eigenvalue weighted by atomic mass is 9.97. The Morgan fingerprint density at radius 2 is 1.69 bits per heavy atom. The molecule has 0 bridgehead atoms. The van der Waals surface area contributed by atoms with Crippen molar-refractivity contribution < 1.29 is 17.9 Å². The highest BCUT2D eigenvalue weighted by molar-refractivity contribution is 7.88. The summed E-state index contributed by atoms with van der Waals surface area (Å²) in [6, 6.07) is 9.08. The number of rotatable bonds is 8. The molecule has 3 fully saturated rings. The maximum absolute atomic E-state index is 13.5. The first-order valence-electron chi connectivity index (χ1n) is 15.3. The summed E-state index contributed by atoms with van der Waals surface area (Å²) in [6.45, 7) is 7.80. The van der Waals surface area contributed by atoms with Gasteiger partial charge in [0.15, 0.2) is 0 Å². The topological polar surface area (TPSA) is 108 Å². The van der Waals surface area contributed by atoms with E-state index in [1.807, 2.05) is 11.8 Å². The third-order valence-electron chi connectivity index (χ3n) is 9.39. The highest BCUT2D eigenvalue weighted by Crippen LogP contribution is 2.32. The van der Waals surface area contributed by atoms with Crippen molar-refractivity contribution >= 4 is 21.7 Å². The Bertz CT molecular complexity index is 1320. The second-order valence-corrected chi connectivity index (χ2v) is 14.3. The zero-order chi connectivity index (χ0) is 29.9. The molecule has 3 aliphatic rings. The van der Waals surface area contributed by atoms with E-state index in [9.17, 15) is 13.2 Å². The normalized spacial score (nSPS) is 23.3. The Morgan fingerprint density at radius 3 is 2.36 bits per heavy atom. The molecule has 2 atom stereocenters. The van der Waals surface area contributed by atoms with Crippen molar-refractivity contribution in [1.82, 2.24) is 24.1 Å². The van der Waals surface area contributed by atoms with Crippen molar-refractivity contribution in [1.29, 1.82) is 0 Å². The van der Waals surface area contributed by atoms with Gasteiger partial charge in [0.25, 0.3) is 5.91 Å². The minimum absolute atomic E-state index is 0.0433. The number of hydrogen-bond donors (Lipinski definition) is 1. The number of carbonyl (C=O) groups excluding carboxylic acids is 1. The van der Waals surface area contributed by atoms with E-state index < -0.39 is 10.0 Å². The van der Waals surface area contributed by atoms with Crippen LogP contribution in [-0.2, 0) is 14.8 Å². The van der Waals surface area contributed by atoms with E-state index >= 15 is 0 Å². The van der Waals surface area contributed by atoms with Gasteiger partial charge < -0.3 is 19.9 Å². The van der Waals surface area contributed by atoms with E-state index in [1.165, 1.54) is 28.0 Å². The van der Waals surface area contributed by atoms with Crippen LogP contribution in [0.4, 0.5) is 5.82 Å². The van der Waals surface area contributed by atoms with E-state index in [-0.39, 0.29) is 24.2 Å². The van der Waals surface area contributed by atoms with Crippen LogP contribution in [0.1, 0.15) is 78.2 Å². The first kappa shape index (κ1) is 30.8. The fourth-order valence-electron chi connectivity index (χ4n) is 6.60. The van der Waals surface area contributed by atoms with Gasteiger partial charge in [-0.15, -0.1) is 0 Å². The number of likely N-dealkylation sites (tertiary alicyclic amines) is 2. The van der Waals surface area contributed by atoms with E-state index in [0.29, 0.717) is 37.2 Å². The van der Waals surface area contributed by atoms with E-state index in [1.54, 1.807) is 7.05 Å². The van der Waals surface area contributed by atoms with Gasteiger partial charge in [-0.2, -0.15) is 0 Å². The Kier molecular flexibility index (Phi) is 9.81. The van der Waals surface area contributed by atoms with Crippen LogP contribution in [-0.4, -0.2) is 103 Å². The molecule has 11 heteroatoms. The lowest BCUT2D eigenvalue weighted by Gasteiger charge is -2.43. The Labute approximate surface area is 250 Å². The fraction of sp³-hybridized carbons (Fsp3) is 0.645. The number of amides is 1. The quantitative estimate of drug-likeness (QED) is 0.489. The van der Waals surface area contributed by atoms with Crippen LogP contribution in [0.3, 0.4) is 0 Å². The number of sulfonamides is 1. The van der Waals surface area contributed by atoms with Crippen molar-refractivity contribution in [3.8, 4) is 0 Å². The summed E-state index contributed by atoms with van der Waals surface area (Å²) < 4.78 is 31.8. The summed E-state index contributed by atoms with van der Waals surface area (Å²) in [7, 11) is -1.49. The van der Waals surface area contributed by atoms with Gasteiger partial charge in [-0.1, -0.05) is 29.8 Å². The zero-order valence-corrected chi connectivity index (χ0v) is 26.3. The van der Waals surface area contributed by atoms with E-state index in [0.717, 1.165) is 63.6 Å². The molecule has 10 nitrogen and oxygen atoms in total. The molecule has 1 aromatic heterocycles. The number of carbonyl (C=O) groups is 1. The second kappa shape index (κ2) is 13.4. The molecule has 3 saturated heterocycles. The summed E-state index contributed by atoms with van der Waals surface area (Å²) in [5.41, 5.74) is 3.70. The zero-order valence-electron chi connectivity index (χ0n) is 25.5. The van der Waals surface area contributed by atoms with E-state index in [2.05, 4.69) is 51.4 Å².